The number of rotatable bonds is 6. The van der Waals surface area contributed by atoms with Gasteiger partial charge in [0.05, 0.1) is 11.1 Å². The quantitative estimate of drug-likeness (QED) is 0.463. The fourth-order valence-electron chi connectivity index (χ4n) is 2.10. The molecule has 0 rings (SSSR count). The van der Waals surface area contributed by atoms with Crippen LogP contribution in [0.3, 0.4) is 0 Å². The van der Waals surface area contributed by atoms with Crippen LogP contribution in [0.4, 0.5) is 9.59 Å². The maximum Gasteiger partial charge on any atom is 0.338 e. The van der Waals surface area contributed by atoms with E-state index in [-0.39, 0.29) is 11.1 Å². The first kappa shape index (κ1) is 27.7. The van der Waals surface area contributed by atoms with Gasteiger partial charge in [-0.05, 0) is 83.1 Å². The number of carbonyl (C=O) groups is 2. The summed E-state index contributed by atoms with van der Waals surface area (Å²) in [6.45, 7) is 22.7. The molecule has 0 fully saturated rings. The van der Waals surface area contributed by atoms with Crippen molar-refractivity contribution in [3.63, 3.8) is 0 Å². The smallest absolute Gasteiger partial charge is 0.311 e. The van der Waals surface area contributed by atoms with Crippen LogP contribution >= 0.6 is 0 Å². The van der Waals surface area contributed by atoms with Crippen LogP contribution in [-0.4, -0.2) is 57.6 Å². The van der Waals surface area contributed by atoms with Crippen molar-refractivity contribution in [3.05, 3.63) is 0 Å². The number of azo groups is 2. The van der Waals surface area contributed by atoms with Gasteiger partial charge in [-0.3, -0.25) is 0 Å². The first-order chi connectivity index (χ1) is 13.3. The first-order valence-electron chi connectivity index (χ1n) is 10.4. The second kappa shape index (κ2) is 10.2. The van der Waals surface area contributed by atoms with Gasteiger partial charge in [0.2, 0.25) is 0 Å². The van der Waals surface area contributed by atoms with E-state index in [4.69, 9.17) is 0 Å². The number of amides is 4. The van der Waals surface area contributed by atoms with E-state index < -0.39 is 23.4 Å². The third-order valence-electron chi connectivity index (χ3n) is 3.39. The Balaban J connectivity index is 5.40. The zero-order chi connectivity index (χ0) is 24.0. The SMILES string of the molecule is CCN(C(=O)NC(C)(C)N=NC(C)(C)C)N(CC)C(=O)NC(C)(C)N=NC(C)(C)C. The number of hydrazine groups is 1. The van der Waals surface area contributed by atoms with Crippen LogP contribution in [0, 0.1) is 0 Å². The summed E-state index contributed by atoms with van der Waals surface area (Å²) in [6, 6.07) is -0.886. The van der Waals surface area contributed by atoms with Gasteiger partial charge in [-0.25, -0.2) is 19.6 Å². The number of hydrogen-bond donors (Lipinski definition) is 2. The van der Waals surface area contributed by atoms with Gasteiger partial charge >= 0.3 is 12.1 Å². The molecule has 10 nitrogen and oxygen atoms in total. The minimum absolute atomic E-state index is 0.295. The van der Waals surface area contributed by atoms with Crippen molar-refractivity contribution in [3.8, 4) is 0 Å². The Morgan fingerprint density at radius 1 is 0.600 bits per heavy atom. The summed E-state index contributed by atoms with van der Waals surface area (Å²) in [5, 5.41) is 25.3. The third-order valence-corrected chi connectivity index (χ3v) is 3.39. The molecule has 2 N–H and O–H groups in total. The van der Waals surface area contributed by atoms with Crippen LogP contribution in [-0.2, 0) is 0 Å². The molecule has 30 heavy (non-hydrogen) atoms. The molecule has 4 amide bonds. The molecule has 0 saturated heterocycles. The Bertz CT molecular complexity index is 586. The second-order valence-electron chi connectivity index (χ2n) is 10.2. The average Bonchev–Trinajstić information content (AvgIpc) is 2.54. The molecule has 0 aromatic carbocycles. The van der Waals surface area contributed by atoms with Gasteiger partial charge in [0.1, 0.15) is 11.3 Å². The van der Waals surface area contributed by atoms with Gasteiger partial charge in [-0.2, -0.15) is 20.5 Å². The van der Waals surface area contributed by atoms with Crippen LogP contribution < -0.4 is 10.6 Å². The molecule has 0 heterocycles. The summed E-state index contributed by atoms with van der Waals surface area (Å²) in [7, 11) is 0. The molecular formula is C20H42N8O2. The lowest BCUT2D eigenvalue weighted by molar-refractivity contribution is 0.0469. The monoisotopic (exact) mass is 426 g/mol. The number of nitrogens with one attached hydrogen (secondary N) is 2. The third kappa shape index (κ3) is 11.1. The summed E-state index contributed by atoms with van der Waals surface area (Å²) in [6.07, 6.45) is 0. The van der Waals surface area contributed by atoms with E-state index in [0.717, 1.165) is 0 Å². The lowest BCUT2D eigenvalue weighted by Gasteiger charge is -2.36. The molecule has 0 saturated carbocycles. The van der Waals surface area contributed by atoms with Crippen LogP contribution in [0.1, 0.15) is 83.1 Å². The predicted molar refractivity (Wildman–Crippen MR) is 119 cm³/mol. The van der Waals surface area contributed by atoms with Crippen LogP contribution in [0.15, 0.2) is 20.5 Å². The van der Waals surface area contributed by atoms with Gasteiger partial charge in [-0.1, -0.05) is 0 Å². The lowest BCUT2D eigenvalue weighted by Crippen LogP contribution is -2.60. The fraction of sp³-hybridized carbons (Fsp3) is 0.900. The Kier molecular flexibility index (Phi) is 9.40. The highest BCUT2D eigenvalue weighted by molar-refractivity contribution is 5.81. The molecule has 0 bridgehead atoms. The summed E-state index contributed by atoms with van der Waals surface area (Å²) in [5.41, 5.74) is -2.55. The van der Waals surface area contributed by atoms with Crippen LogP contribution in [0.25, 0.3) is 0 Å². The van der Waals surface area contributed by atoms with Crippen molar-refractivity contribution in [2.24, 2.45) is 20.5 Å². The van der Waals surface area contributed by atoms with Crippen molar-refractivity contribution >= 4 is 12.1 Å². The maximum absolute atomic E-state index is 12.9. The second-order valence-corrected chi connectivity index (χ2v) is 10.2. The maximum atomic E-state index is 12.9. The zero-order valence-corrected chi connectivity index (χ0v) is 20.9. The van der Waals surface area contributed by atoms with E-state index in [0.29, 0.717) is 13.1 Å². The topological polar surface area (TPSA) is 114 Å². The van der Waals surface area contributed by atoms with E-state index in [1.807, 2.05) is 41.5 Å². The Morgan fingerprint density at radius 3 is 1.07 bits per heavy atom. The van der Waals surface area contributed by atoms with Crippen LogP contribution in [0.2, 0.25) is 0 Å². The van der Waals surface area contributed by atoms with E-state index in [9.17, 15) is 9.59 Å². The normalized spacial score (nSPS) is 13.6. The number of nitrogens with zero attached hydrogens (tertiary/aromatic N) is 6. The summed E-state index contributed by atoms with van der Waals surface area (Å²) < 4.78 is 0. The molecule has 10 heteroatoms. The molecule has 0 unspecified atom stereocenters. The van der Waals surface area contributed by atoms with E-state index in [2.05, 4.69) is 31.1 Å². The molecular weight excluding hydrogens is 384 g/mol. The van der Waals surface area contributed by atoms with E-state index in [1.165, 1.54) is 10.0 Å². The molecule has 0 aliphatic heterocycles. The molecule has 0 aliphatic rings. The van der Waals surface area contributed by atoms with Crippen molar-refractivity contribution in [2.75, 3.05) is 13.1 Å². The number of carbonyl (C=O) groups excluding carboxylic acids is 2. The minimum Gasteiger partial charge on any atom is -0.311 e. The summed E-state index contributed by atoms with van der Waals surface area (Å²) >= 11 is 0. The Hall–Kier alpha value is -2.26. The van der Waals surface area contributed by atoms with Crippen molar-refractivity contribution < 1.29 is 9.59 Å². The van der Waals surface area contributed by atoms with Gasteiger partial charge in [0, 0.05) is 13.1 Å². The van der Waals surface area contributed by atoms with E-state index >= 15 is 0 Å². The Morgan fingerprint density at radius 2 is 0.867 bits per heavy atom. The zero-order valence-electron chi connectivity index (χ0n) is 20.9. The molecule has 0 spiro atoms. The first-order valence-corrected chi connectivity index (χ1v) is 10.4. The number of hydrogen-bond acceptors (Lipinski definition) is 6. The molecule has 0 atom stereocenters. The molecule has 0 aromatic heterocycles. The molecule has 0 aliphatic carbocycles. The minimum atomic E-state index is -0.923. The van der Waals surface area contributed by atoms with Gasteiger partial charge in [-0.15, -0.1) is 0 Å². The molecule has 0 radical (unpaired) electrons. The van der Waals surface area contributed by atoms with Crippen molar-refractivity contribution in [2.45, 2.75) is 105 Å². The predicted octanol–water partition coefficient (Wildman–Crippen LogP) is 4.94. The number of urea groups is 2. The summed E-state index contributed by atoms with van der Waals surface area (Å²) in [5.74, 6) is 0. The van der Waals surface area contributed by atoms with Crippen molar-refractivity contribution in [1.82, 2.24) is 20.7 Å². The molecule has 174 valence electrons. The summed E-state index contributed by atoms with van der Waals surface area (Å²) in [4.78, 5) is 25.8. The highest BCUT2D eigenvalue weighted by Crippen LogP contribution is 2.15. The van der Waals surface area contributed by atoms with Crippen molar-refractivity contribution in [1.29, 1.82) is 0 Å². The highest BCUT2D eigenvalue weighted by atomic mass is 16.2. The Labute approximate surface area is 181 Å². The van der Waals surface area contributed by atoms with Gasteiger partial charge < -0.3 is 10.6 Å². The standard InChI is InChI=1S/C20H42N8O2/c1-13-27(15(29)21-19(9,10)25-23-17(3,4)5)28(14-2)16(30)22-20(11,12)26-24-18(6,7)8/h13-14H2,1-12H3,(H,21,29)(H,22,30). The highest BCUT2D eigenvalue weighted by Gasteiger charge is 2.31. The largest absolute Gasteiger partial charge is 0.338 e. The molecule has 0 aromatic rings. The average molecular weight is 427 g/mol. The van der Waals surface area contributed by atoms with Crippen LogP contribution in [0.5, 0.6) is 0 Å². The van der Waals surface area contributed by atoms with Gasteiger partial charge in [0.15, 0.2) is 0 Å². The lowest BCUT2D eigenvalue weighted by atomic mass is 10.1. The fourth-order valence-corrected chi connectivity index (χ4v) is 2.10. The van der Waals surface area contributed by atoms with Gasteiger partial charge in [0.25, 0.3) is 0 Å². The van der Waals surface area contributed by atoms with E-state index in [1.54, 1.807) is 41.5 Å².